The van der Waals surface area contributed by atoms with Gasteiger partial charge in [-0.3, -0.25) is 4.98 Å². The van der Waals surface area contributed by atoms with Crippen LogP contribution in [0.25, 0.3) is 0 Å². The van der Waals surface area contributed by atoms with E-state index in [1.165, 1.54) is 5.56 Å². The minimum atomic E-state index is 0.762. The maximum absolute atomic E-state index is 4.72. The fraction of sp³-hybridized carbons (Fsp3) is 0.471. The van der Waals surface area contributed by atoms with Crippen molar-refractivity contribution in [2.45, 2.75) is 12.8 Å². The minimum Gasteiger partial charge on any atom is -0.382 e. The van der Waals surface area contributed by atoms with Crippen molar-refractivity contribution in [3.8, 4) is 0 Å². The monoisotopic (exact) mass is 327 g/mol. The molecule has 0 radical (unpaired) electrons. The first-order chi connectivity index (χ1) is 11.7. The third-order valence-corrected chi connectivity index (χ3v) is 3.98. The van der Waals surface area contributed by atoms with Crippen LogP contribution in [-0.4, -0.2) is 55.2 Å². The van der Waals surface area contributed by atoms with E-state index in [0.717, 1.165) is 62.2 Å². The van der Waals surface area contributed by atoms with Crippen molar-refractivity contribution in [2.75, 3.05) is 55.8 Å². The fourth-order valence-electron chi connectivity index (χ4n) is 2.73. The van der Waals surface area contributed by atoms with Crippen LogP contribution < -0.4 is 20.9 Å². The highest BCUT2D eigenvalue weighted by atomic mass is 15.2. The van der Waals surface area contributed by atoms with Gasteiger partial charge < -0.3 is 20.9 Å². The van der Waals surface area contributed by atoms with E-state index < -0.39 is 0 Å². The van der Waals surface area contributed by atoms with E-state index >= 15 is 0 Å². The molecule has 0 unspecified atom stereocenters. The number of anilines is 3. The Morgan fingerprint density at radius 3 is 2.75 bits per heavy atom. The molecule has 0 fully saturated rings. The van der Waals surface area contributed by atoms with Crippen molar-refractivity contribution in [1.29, 1.82) is 0 Å². The highest BCUT2D eigenvalue weighted by molar-refractivity contribution is 5.52. The van der Waals surface area contributed by atoms with E-state index in [2.05, 4.69) is 20.9 Å². The highest BCUT2D eigenvalue weighted by Crippen LogP contribution is 2.22. The standard InChI is InChI=1S/C17H25N7/c1-24(2)17-22-15-6-9-18-8-5-14(15)16(23-17)21-11-10-20-13-4-3-7-19-12-13/h3-4,7,12,18,20H,5-6,8-11H2,1-2H3,(H,21,22,23). The van der Waals surface area contributed by atoms with Gasteiger partial charge in [0.05, 0.1) is 11.4 Å². The Morgan fingerprint density at radius 1 is 1.12 bits per heavy atom. The highest BCUT2D eigenvalue weighted by Gasteiger charge is 2.17. The summed E-state index contributed by atoms with van der Waals surface area (Å²) in [5.41, 5.74) is 3.42. The Bertz CT molecular complexity index is 657. The van der Waals surface area contributed by atoms with E-state index in [9.17, 15) is 0 Å². The Labute approximate surface area is 142 Å². The van der Waals surface area contributed by atoms with Gasteiger partial charge in [-0.1, -0.05) is 0 Å². The molecule has 2 aromatic heterocycles. The maximum Gasteiger partial charge on any atom is 0.227 e. The Hall–Kier alpha value is -2.41. The average molecular weight is 327 g/mol. The number of nitrogens with zero attached hydrogens (tertiary/aromatic N) is 4. The van der Waals surface area contributed by atoms with Gasteiger partial charge in [-0.25, -0.2) is 4.98 Å². The van der Waals surface area contributed by atoms with E-state index in [1.807, 2.05) is 37.3 Å². The van der Waals surface area contributed by atoms with Crippen molar-refractivity contribution >= 4 is 17.5 Å². The predicted octanol–water partition coefficient (Wildman–Crippen LogP) is 1.15. The molecule has 7 nitrogen and oxygen atoms in total. The summed E-state index contributed by atoms with van der Waals surface area (Å²) < 4.78 is 0. The van der Waals surface area contributed by atoms with Gasteiger partial charge in [0.25, 0.3) is 0 Å². The van der Waals surface area contributed by atoms with Crippen LogP contribution in [0.3, 0.4) is 0 Å². The molecule has 0 saturated carbocycles. The second-order valence-electron chi connectivity index (χ2n) is 6.04. The molecule has 3 N–H and O–H groups in total. The third-order valence-electron chi connectivity index (χ3n) is 3.98. The summed E-state index contributed by atoms with van der Waals surface area (Å²) in [6.07, 6.45) is 5.51. The first kappa shape index (κ1) is 16.4. The number of rotatable bonds is 6. The maximum atomic E-state index is 4.72. The second-order valence-corrected chi connectivity index (χ2v) is 6.04. The summed E-state index contributed by atoms with van der Waals surface area (Å²) in [6, 6.07) is 3.94. The lowest BCUT2D eigenvalue weighted by Gasteiger charge is -2.18. The lowest BCUT2D eigenvalue weighted by Crippen LogP contribution is -2.20. The first-order valence-electron chi connectivity index (χ1n) is 8.39. The molecule has 3 heterocycles. The van der Waals surface area contributed by atoms with Crippen LogP contribution in [0.15, 0.2) is 24.5 Å². The molecule has 3 rings (SSSR count). The Kier molecular flexibility index (Phi) is 5.43. The second kappa shape index (κ2) is 7.92. The zero-order valence-electron chi connectivity index (χ0n) is 14.3. The molecule has 0 amide bonds. The quantitative estimate of drug-likeness (QED) is 0.687. The van der Waals surface area contributed by atoms with Crippen molar-refractivity contribution < 1.29 is 0 Å². The number of hydrogen-bond donors (Lipinski definition) is 3. The van der Waals surface area contributed by atoms with Crippen molar-refractivity contribution in [3.05, 3.63) is 35.8 Å². The summed E-state index contributed by atoms with van der Waals surface area (Å²) in [7, 11) is 3.95. The number of aromatic nitrogens is 3. The van der Waals surface area contributed by atoms with E-state index in [4.69, 9.17) is 9.97 Å². The lowest BCUT2D eigenvalue weighted by atomic mass is 10.1. The molecule has 0 spiro atoms. The summed E-state index contributed by atoms with van der Waals surface area (Å²) in [5.74, 6) is 1.72. The van der Waals surface area contributed by atoms with Crippen LogP contribution in [0.5, 0.6) is 0 Å². The van der Waals surface area contributed by atoms with Crippen LogP contribution in [0.2, 0.25) is 0 Å². The van der Waals surface area contributed by atoms with Gasteiger partial charge in [0.2, 0.25) is 5.95 Å². The summed E-state index contributed by atoms with van der Waals surface area (Å²) in [4.78, 5) is 15.5. The molecule has 0 saturated heterocycles. The van der Waals surface area contributed by atoms with Gasteiger partial charge in [-0.2, -0.15) is 4.98 Å². The molecule has 24 heavy (non-hydrogen) atoms. The summed E-state index contributed by atoms with van der Waals surface area (Å²) in [6.45, 7) is 3.54. The van der Waals surface area contributed by atoms with Gasteiger partial charge in [0, 0.05) is 58.1 Å². The van der Waals surface area contributed by atoms with Crippen LogP contribution in [0, 0.1) is 0 Å². The molecule has 0 atom stereocenters. The largest absolute Gasteiger partial charge is 0.382 e. The Balaban J connectivity index is 1.68. The topological polar surface area (TPSA) is 78.0 Å². The van der Waals surface area contributed by atoms with E-state index in [-0.39, 0.29) is 0 Å². The van der Waals surface area contributed by atoms with Gasteiger partial charge in [0.1, 0.15) is 5.82 Å². The minimum absolute atomic E-state index is 0.762. The predicted molar refractivity (Wildman–Crippen MR) is 97.9 cm³/mol. The van der Waals surface area contributed by atoms with E-state index in [1.54, 1.807) is 6.20 Å². The molecule has 2 aromatic rings. The molecular formula is C17H25N7. The first-order valence-corrected chi connectivity index (χ1v) is 8.39. The van der Waals surface area contributed by atoms with E-state index in [0.29, 0.717) is 0 Å². The van der Waals surface area contributed by atoms with Crippen LogP contribution in [0.1, 0.15) is 11.3 Å². The number of fused-ring (bicyclic) bond motifs is 1. The van der Waals surface area contributed by atoms with Crippen LogP contribution >= 0.6 is 0 Å². The molecule has 1 aliphatic rings. The zero-order chi connectivity index (χ0) is 16.8. The van der Waals surface area contributed by atoms with Crippen molar-refractivity contribution in [3.63, 3.8) is 0 Å². The number of pyridine rings is 1. The molecule has 0 bridgehead atoms. The lowest BCUT2D eigenvalue weighted by molar-refractivity contribution is 0.708. The molecule has 1 aliphatic heterocycles. The normalized spacial score (nSPS) is 13.8. The Morgan fingerprint density at radius 2 is 1.96 bits per heavy atom. The van der Waals surface area contributed by atoms with Gasteiger partial charge >= 0.3 is 0 Å². The molecule has 0 aliphatic carbocycles. The zero-order valence-corrected chi connectivity index (χ0v) is 14.3. The SMILES string of the molecule is CN(C)c1nc2c(c(NCCNc3cccnc3)n1)CCNCC2. The average Bonchev–Trinajstić information content (AvgIpc) is 2.85. The van der Waals surface area contributed by atoms with Crippen molar-refractivity contribution in [1.82, 2.24) is 20.3 Å². The smallest absolute Gasteiger partial charge is 0.227 e. The van der Waals surface area contributed by atoms with Gasteiger partial charge in [0.15, 0.2) is 0 Å². The van der Waals surface area contributed by atoms with Crippen molar-refractivity contribution in [2.24, 2.45) is 0 Å². The number of nitrogens with one attached hydrogen (secondary N) is 3. The third kappa shape index (κ3) is 4.11. The summed E-state index contributed by atoms with van der Waals surface area (Å²) in [5, 5.41) is 10.3. The van der Waals surface area contributed by atoms with Crippen LogP contribution in [0.4, 0.5) is 17.5 Å². The molecule has 0 aromatic carbocycles. The number of hydrogen-bond acceptors (Lipinski definition) is 7. The van der Waals surface area contributed by atoms with Gasteiger partial charge in [-0.05, 0) is 25.1 Å². The summed E-state index contributed by atoms with van der Waals surface area (Å²) >= 11 is 0. The van der Waals surface area contributed by atoms with Crippen LogP contribution in [-0.2, 0) is 12.8 Å². The molecule has 7 heteroatoms. The van der Waals surface area contributed by atoms with Gasteiger partial charge in [-0.15, -0.1) is 0 Å². The molecular weight excluding hydrogens is 302 g/mol. The molecule has 128 valence electrons. The fourth-order valence-corrected chi connectivity index (χ4v) is 2.73.